The third-order valence-electron chi connectivity index (χ3n) is 2.01. The normalized spacial score (nSPS) is 13.5. The predicted octanol–water partition coefficient (Wildman–Crippen LogP) is 2.33. The summed E-state index contributed by atoms with van der Waals surface area (Å²) >= 11 is 5.45. The molecule has 0 saturated carbocycles. The number of alkyl halides is 3. The molecule has 0 aliphatic rings. The van der Waals surface area contributed by atoms with Gasteiger partial charge in [0.2, 0.25) is 5.28 Å². The molecule has 0 unspecified atom stereocenters. The summed E-state index contributed by atoms with van der Waals surface area (Å²) in [6.45, 7) is 1.50. The highest BCUT2D eigenvalue weighted by Gasteiger charge is 2.35. The summed E-state index contributed by atoms with van der Waals surface area (Å²) < 4.78 is 37.8. The predicted molar refractivity (Wildman–Crippen MR) is 56.8 cm³/mol. The fourth-order valence-electron chi connectivity index (χ4n) is 1.18. The third-order valence-corrected chi connectivity index (χ3v) is 2.19. The molecule has 0 saturated heterocycles. The van der Waals surface area contributed by atoms with Gasteiger partial charge in [-0.15, -0.1) is 0 Å². The van der Waals surface area contributed by atoms with Gasteiger partial charge in [-0.05, 0) is 24.9 Å². The molecule has 17 heavy (non-hydrogen) atoms. The number of hydrogen-bond acceptors (Lipinski definition) is 4. The lowest BCUT2D eigenvalue weighted by Gasteiger charge is -2.17. The van der Waals surface area contributed by atoms with Crippen LogP contribution in [0.5, 0.6) is 0 Å². The molecule has 1 rings (SSSR count). The fraction of sp³-hybridized carbons (Fsp3) is 0.556. The Hall–Kier alpha value is -1.08. The first-order chi connectivity index (χ1) is 7.84. The molecule has 2 N–H and O–H groups in total. The topological polar surface area (TPSA) is 58.0 Å². The zero-order valence-electron chi connectivity index (χ0n) is 8.92. The van der Waals surface area contributed by atoms with Gasteiger partial charge in [0.25, 0.3) is 0 Å². The summed E-state index contributed by atoms with van der Waals surface area (Å²) in [4.78, 5) is 6.81. The second-order valence-corrected chi connectivity index (χ2v) is 3.79. The van der Waals surface area contributed by atoms with E-state index in [1.807, 2.05) is 0 Å². The Morgan fingerprint density at radius 3 is 2.71 bits per heavy atom. The van der Waals surface area contributed by atoms with E-state index >= 15 is 0 Å². The van der Waals surface area contributed by atoms with E-state index in [1.54, 1.807) is 6.92 Å². The van der Waals surface area contributed by atoms with Gasteiger partial charge in [-0.3, -0.25) is 0 Å². The Bertz CT molecular complexity index is 386. The number of halogens is 4. The highest BCUT2D eigenvalue weighted by Crippen LogP contribution is 2.34. The Kier molecular flexibility index (Phi) is 4.53. The van der Waals surface area contributed by atoms with E-state index in [1.165, 1.54) is 0 Å². The Morgan fingerprint density at radius 1 is 1.53 bits per heavy atom. The molecule has 4 nitrogen and oxygen atoms in total. The van der Waals surface area contributed by atoms with E-state index in [-0.39, 0.29) is 23.8 Å². The van der Waals surface area contributed by atoms with Gasteiger partial charge in [0.15, 0.2) is 0 Å². The largest absolute Gasteiger partial charge is 0.421 e. The summed E-state index contributed by atoms with van der Waals surface area (Å²) in [7, 11) is 0. The van der Waals surface area contributed by atoms with Crippen molar-refractivity contribution in [3.63, 3.8) is 0 Å². The van der Waals surface area contributed by atoms with E-state index < -0.39 is 11.7 Å². The second-order valence-electron chi connectivity index (χ2n) is 3.46. The molecule has 1 heterocycles. The lowest BCUT2D eigenvalue weighted by atomic mass is 10.2. The first kappa shape index (κ1) is 14.0. The third kappa shape index (κ3) is 4.01. The van der Waals surface area contributed by atoms with Gasteiger partial charge in [0.1, 0.15) is 11.4 Å². The molecule has 1 aromatic rings. The average molecular weight is 270 g/mol. The van der Waals surface area contributed by atoms with Gasteiger partial charge in [-0.25, -0.2) is 9.97 Å². The minimum Gasteiger partial charge on any atom is -0.396 e. The highest BCUT2D eigenvalue weighted by molar-refractivity contribution is 6.28. The highest BCUT2D eigenvalue weighted by atomic mass is 35.5. The number of aromatic nitrogens is 2. The van der Waals surface area contributed by atoms with Crippen molar-refractivity contribution in [2.75, 3.05) is 11.9 Å². The molecule has 0 aliphatic carbocycles. The Balaban J connectivity index is 2.99. The molecule has 1 atom stereocenters. The van der Waals surface area contributed by atoms with Crippen LogP contribution in [0.25, 0.3) is 0 Å². The SMILES string of the molecule is C[C@@H](CCO)Nc1nc(Cl)ncc1C(F)(F)F. The summed E-state index contributed by atoms with van der Waals surface area (Å²) in [5.74, 6) is -0.376. The molecule has 0 aromatic carbocycles. The molecule has 8 heteroatoms. The molecule has 0 amide bonds. The molecule has 0 aliphatic heterocycles. The van der Waals surface area contributed by atoms with Crippen LogP contribution in [0, 0.1) is 0 Å². The van der Waals surface area contributed by atoms with Gasteiger partial charge >= 0.3 is 6.18 Å². The van der Waals surface area contributed by atoms with E-state index in [0.29, 0.717) is 12.6 Å². The van der Waals surface area contributed by atoms with E-state index in [0.717, 1.165) is 0 Å². The van der Waals surface area contributed by atoms with Gasteiger partial charge in [0, 0.05) is 18.8 Å². The minimum atomic E-state index is -4.55. The fourth-order valence-corrected chi connectivity index (χ4v) is 1.31. The Labute approximate surface area is 101 Å². The lowest BCUT2D eigenvalue weighted by molar-refractivity contribution is -0.137. The van der Waals surface area contributed by atoms with Crippen LogP contribution in [0.1, 0.15) is 18.9 Å². The van der Waals surface area contributed by atoms with Crippen LogP contribution in [0.3, 0.4) is 0 Å². The zero-order chi connectivity index (χ0) is 13.1. The van der Waals surface area contributed by atoms with Crippen LogP contribution in [0.4, 0.5) is 19.0 Å². The molecule has 0 radical (unpaired) electrons. The summed E-state index contributed by atoms with van der Waals surface area (Å²) in [5, 5.41) is 11.0. The summed E-state index contributed by atoms with van der Waals surface area (Å²) in [6, 6.07) is -0.355. The molecule has 96 valence electrons. The van der Waals surface area contributed by atoms with E-state index in [9.17, 15) is 13.2 Å². The van der Waals surface area contributed by atoms with Gasteiger partial charge < -0.3 is 10.4 Å². The maximum atomic E-state index is 12.6. The van der Waals surface area contributed by atoms with Crippen molar-refractivity contribution in [1.29, 1.82) is 0 Å². The number of aliphatic hydroxyl groups excluding tert-OH is 1. The van der Waals surface area contributed by atoms with Crippen LogP contribution < -0.4 is 5.32 Å². The van der Waals surface area contributed by atoms with Crippen LogP contribution in [-0.4, -0.2) is 27.7 Å². The first-order valence-electron chi connectivity index (χ1n) is 4.81. The van der Waals surface area contributed by atoms with Crippen molar-refractivity contribution >= 4 is 17.4 Å². The number of aliphatic hydroxyl groups is 1. The Morgan fingerprint density at radius 2 is 2.18 bits per heavy atom. The number of rotatable bonds is 4. The number of nitrogens with zero attached hydrogens (tertiary/aromatic N) is 2. The van der Waals surface area contributed by atoms with Gasteiger partial charge in [0.05, 0.1) is 0 Å². The van der Waals surface area contributed by atoms with Gasteiger partial charge in [-0.1, -0.05) is 0 Å². The summed E-state index contributed by atoms with van der Waals surface area (Å²) in [5.41, 5.74) is -0.980. The molecule has 0 bridgehead atoms. The lowest BCUT2D eigenvalue weighted by Crippen LogP contribution is -2.21. The summed E-state index contributed by atoms with van der Waals surface area (Å²) in [6.07, 6.45) is -3.62. The molecule has 0 spiro atoms. The zero-order valence-corrected chi connectivity index (χ0v) is 9.68. The molecular formula is C9H11ClF3N3O. The van der Waals surface area contributed by atoms with Crippen molar-refractivity contribution < 1.29 is 18.3 Å². The number of nitrogens with one attached hydrogen (secondary N) is 1. The van der Waals surface area contributed by atoms with Crippen molar-refractivity contribution in [2.24, 2.45) is 0 Å². The smallest absolute Gasteiger partial charge is 0.396 e. The van der Waals surface area contributed by atoms with Crippen LogP contribution in [0.2, 0.25) is 5.28 Å². The number of hydrogen-bond donors (Lipinski definition) is 2. The second kappa shape index (κ2) is 5.50. The molecule has 0 fully saturated rings. The quantitative estimate of drug-likeness (QED) is 0.824. The monoisotopic (exact) mass is 269 g/mol. The van der Waals surface area contributed by atoms with Crippen molar-refractivity contribution in [1.82, 2.24) is 9.97 Å². The standard InChI is InChI=1S/C9H11ClF3N3O/c1-5(2-3-17)15-7-6(9(11,12)13)4-14-8(10)16-7/h4-5,17H,2-3H2,1H3,(H,14,15,16)/t5-/m0/s1. The van der Waals surface area contributed by atoms with Crippen molar-refractivity contribution in [2.45, 2.75) is 25.6 Å². The van der Waals surface area contributed by atoms with E-state index in [4.69, 9.17) is 16.7 Å². The van der Waals surface area contributed by atoms with Crippen LogP contribution in [0.15, 0.2) is 6.20 Å². The van der Waals surface area contributed by atoms with Crippen molar-refractivity contribution in [3.8, 4) is 0 Å². The molecular weight excluding hydrogens is 259 g/mol. The van der Waals surface area contributed by atoms with E-state index in [2.05, 4.69) is 15.3 Å². The van der Waals surface area contributed by atoms with Gasteiger partial charge in [-0.2, -0.15) is 13.2 Å². The first-order valence-corrected chi connectivity index (χ1v) is 5.19. The van der Waals surface area contributed by atoms with Crippen LogP contribution in [-0.2, 0) is 6.18 Å². The number of anilines is 1. The minimum absolute atomic E-state index is 0.131. The molecule has 1 aromatic heterocycles. The van der Waals surface area contributed by atoms with Crippen molar-refractivity contribution in [3.05, 3.63) is 17.0 Å². The maximum absolute atomic E-state index is 12.6. The van der Waals surface area contributed by atoms with Crippen LogP contribution >= 0.6 is 11.6 Å². The average Bonchev–Trinajstić information content (AvgIpc) is 2.15. The maximum Gasteiger partial charge on any atom is 0.421 e.